The molecule has 0 bridgehead atoms. The van der Waals surface area contributed by atoms with E-state index in [1.165, 1.54) is 0 Å². The molecule has 1 aromatic carbocycles. The highest BCUT2D eigenvalue weighted by Gasteiger charge is 2.14. The molecule has 0 aromatic heterocycles. The van der Waals surface area contributed by atoms with Crippen molar-refractivity contribution < 1.29 is 4.74 Å². The molecule has 2 rings (SSSR count). The smallest absolute Gasteiger partial charge is 0.0642 e. The minimum atomic E-state index is 0.755. The minimum Gasteiger partial charge on any atom is -0.397 e. The Bertz CT molecular complexity index is 362. The number of anilines is 2. The van der Waals surface area contributed by atoms with Crippen molar-refractivity contribution in [2.24, 2.45) is 0 Å². The van der Waals surface area contributed by atoms with Crippen LogP contribution in [0.3, 0.4) is 0 Å². The monoisotopic (exact) mass is 226 g/mol. The molecule has 1 aliphatic rings. The summed E-state index contributed by atoms with van der Waals surface area (Å²) < 4.78 is 5.30. The van der Waals surface area contributed by atoms with Crippen LogP contribution in [0, 0.1) is 6.92 Å². The normalized spacial score (nSPS) is 16.8. The Morgan fingerprint density at radius 1 is 1.33 bits per heavy atom. The number of nitrogens with two attached hydrogens (primary N) is 1. The summed E-state index contributed by atoms with van der Waals surface area (Å²) in [5.74, 6) is 0. The molecule has 1 fully saturated rings. The molecule has 0 aliphatic carbocycles. The molecule has 3 nitrogen and oxygen atoms in total. The average Bonchev–Trinajstić information content (AvgIpc) is 2.25. The number of aryl methyl sites for hydroxylation is 1. The Labute approximate surface area is 94.8 Å². The number of benzene rings is 1. The van der Waals surface area contributed by atoms with Gasteiger partial charge in [0.2, 0.25) is 0 Å². The summed E-state index contributed by atoms with van der Waals surface area (Å²) in [7, 11) is 0. The van der Waals surface area contributed by atoms with Gasteiger partial charge < -0.3 is 15.4 Å². The minimum absolute atomic E-state index is 0.755. The van der Waals surface area contributed by atoms with Crippen LogP contribution >= 0.6 is 11.6 Å². The van der Waals surface area contributed by atoms with Crippen molar-refractivity contribution in [1.29, 1.82) is 0 Å². The van der Waals surface area contributed by atoms with Crippen LogP contribution in [0.5, 0.6) is 0 Å². The topological polar surface area (TPSA) is 38.5 Å². The Morgan fingerprint density at radius 3 is 2.67 bits per heavy atom. The van der Waals surface area contributed by atoms with Gasteiger partial charge in [-0.05, 0) is 24.6 Å². The zero-order valence-electron chi connectivity index (χ0n) is 8.79. The largest absolute Gasteiger partial charge is 0.397 e. The van der Waals surface area contributed by atoms with Gasteiger partial charge in [-0.2, -0.15) is 0 Å². The van der Waals surface area contributed by atoms with Gasteiger partial charge >= 0.3 is 0 Å². The highest BCUT2D eigenvalue weighted by atomic mass is 35.5. The molecule has 1 saturated heterocycles. The fraction of sp³-hybridized carbons (Fsp3) is 0.455. The standard InChI is InChI=1S/C11H15ClN2O/c1-8-6-10(13)11(7-9(8)12)14-2-4-15-5-3-14/h6-7H,2-5,13H2,1H3. The molecule has 1 aromatic rings. The highest BCUT2D eigenvalue weighted by molar-refractivity contribution is 6.31. The summed E-state index contributed by atoms with van der Waals surface area (Å²) in [4.78, 5) is 2.21. The van der Waals surface area contributed by atoms with Gasteiger partial charge in [-0.1, -0.05) is 11.6 Å². The highest BCUT2D eigenvalue weighted by Crippen LogP contribution is 2.30. The first-order valence-electron chi connectivity index (χ1n) is 5.07. The first-order chi connectivity index (χ1) is 7.18. The third kappa shape index (κ3) is 2.19. The predicted molar refractivity (Wildman–Crippen MR) is 63.6 cm³/mol. The van der Waals surface area contributed by atoms with Crippen molar-refractivity contribution in [1.82, 2.24) is 0 Å². The number of morpholine rings is 1. The molecule has 15 heavy (non-hydrogen) atoms. The SMILES string of the molecule is Cc1cc(N)c(N2CCOCC2)cc1Cl. The molecule has 0 amide bonds. The summed E-state index contributed by atoms with van der Waals surface area (Å²) in [5.41, 5.74) is 8.81. The Morgan fingerprint density at radius 2 is 2.00 bits per heavy atom. The van der Waals surface area contributed by atoms with E-state index in [1.54, 1.807) is 0 Å². The maximum absolute atomic E-state index is 6.09. The number of hydrogen-bond acceptors (Lipinski definition) is 3. The third-order valence-corrected chi connectivity index (χ3v) is 3.07. The molecular weight excluding hydrogens is 212 g/mol. The van der Waals surface area contributed by atoms with Gasteiger partial charge in [0, 0.05) is 18.1 Å². The van der Waals surface area contributed by atoms with Gasteiger partial charge in [-0.25, -0.2) is 0 Å². The van der Waals surface area contributed by atoms with Crippen molar-refractivity contribution in [3.05, 3.63) is 22.7 Å². The zero-order chi connectivity index (χ0) is 10.8. The van der Waals surface area contributed by atoms with E-state index in [9.17, 15) is 0 Å². The van der Waals surface area contributed by atoms with Crippen molar-refractivity contribution in [2.75, 3.05) is 36.9 Å². The van der Waals surface area contributed by atoms with Crippen molar-refractivity contribution >= 4 is 23.0 Å². The van der Waals surface area contributed by atoms with E-state index in [4.69, 9.17) is 22.1 Å². The summed E-state index contributed by atoms with van der Waals surface area (Å²) >= 11 is 6.09. The summed E-state index contributed by atoms with van der Waals surface area (Å²) in [6.07, 6.45) is 0. The van der Waals surface area contributed by atoms with Crippen LogP contribution in [-0.2, 0) is 4.74 Å². The quantitative estimate of drug-likeness (QED) is 0.746. The van der Waals surface area contributed by atoms with Crippen molar-refractivity contribution in [2.45, 2.75) is 6.92 Å². The van der Waals surface area contributed by atoms with Crippen LogP contribution in [0.15, 0.2) is 12.1 Å². The van der Waals surface area contributed by atoms with Crippen molar-refractivity contribution in [3.63, 3.8) is 0 Å². The lowest BCUT2D eigenvalue weighted by Crippen LogP contribution is -2.36. The number of halogens is 1. The second kappa shape index (κ2) is 4.29. The number of ether oxygens (including phenoxy) is 1. The molecule has 1 heterocycles. The lowest BCUT2D eigenvalue weighted by atomic mass is 10.1. The van der Waals surface area contributed by atoms with Gasteiger partial charge in [0.1, 0.15) is 0 Å². The fourth-order valence-corrected chi connectivity index (χ4v) is 1.93. The first kappa shape index (κ1) is 10.6. The van der Waals surface area contributed by atoms with Gasteiger partial charge in [0.05, 0.1) is 24.6 Å². The number of nitrogens with zero attached hydrogens (tertiary/aromatic N) is 1. The van der Waals surface area contributed by atoms with Crippen LogP contribution in [0.4, 0.5) is 11.4 Å². The maximum Gasteiger partial charge on any atom is 0.0642 e. The molecule has 4 heteroatoms. The van der Waals surface area contributed by atoms with Gasteiger partial charge in [-0.15, -0.1) is 0 Å². The average molecular weight is 227 g/mol. The Hall–Kier alpha value is -0.930. The zero-order valence-corrected chi connectivity index (χ0v) is 9.55. The molecule has 82 valence electrons. The van der Waals surface area contributed by atoms with E-state index in [2.05, 4.69) is 4.90 Å². The summed E-state index contributed by atoms with van der Waals surface area (Å²) in [5, 5.41) is 0.769. The van der Waals surface area contributed by atoms with Gasteiger partial charge in [0.25, 0.3) is 0 Å². The third-order valence-electron chi connectivity index (χ3n) is 2.66. The van der Waals surface area contributed by atoms with E-state index in [1.807, 2.05) is 19.1 Å². The van der Waals surface area contributed by atoms with Crippen molar-refractivity contribution in [3.8, 4) is 0 Å². The van der Waals surface area contributed by atoms with E-state index < -0.39 is 0 Å². The molecule has 0 saturated carbocycles. The van der Waals surface area contributed by atoms with Crippen LogP contribution in [0.2, 0.25) is 5.02 Å². The Kier molecular flexibility index (Phi) is 3.03. The van der Waals surface area contributed by atoms with E-state index >= 15 is 0 Å². The van der Waals surface area contributed by atoms with Gasteiger partial charge in [-0.3, -0.25) is 0 Å². The summed E-state index contributed by atoms with van der Waals surface area (Å²) in [6, 6.07) is 3.87. The first-order valence-corrected chi connectivity index (χ1v) is 5.44. The molecule has 2 N–H and O–H groups in total. The van der Waals surface area contributed by atoms with Crippen LogP contribution in [0.25, 0.3) is 0 Å². The molecular formula is C11H15ClN2O. The fourth-order valence-electron chi connectivity index (χ4n) is 1.77. The van der Waals surface area contributed by atoms with Crippen LogP contribution < -0.4 is 10.6 Å². The lowest BCUT2D eigenvalue weighted by molar-refractivity contribution is 0.123. The summed E-state index contributed by atoms with van der Waals surface area (Å²) in [6.45, 7) is 5.23. The maximum atomic E-state index is 6.09. The second-order valence-electron chi connectivity index (χ2n) is 3.76. The van der Waals surface area contributed by atoms with E-state index in [0.717, 1.165) is 48.3 Å². The molecule has 0 atom stereocenters. The Balaban J connectivity index is 2.30. The van der Waals surface area contributed by atoms with Gasteiger partial charge in [0.15, 0.2) is 0 Å². The number of rotatable bonds is 1. The number of hydrogen-bond donors (Lipinski definition) is 1. The van der Waals surface area contributed by atoms with Crippen LogP contribution in [0.1, 0.15) is 5.56 Å². The molecule has 1 aliphatic heterocycles. The predicted octanol–water partition coefficient (Wildman–Crippen LogP) is 2.07. The molecule has 0 spiro atoms. The molecule has 0 radical (unpaired) electrons. The van der Waals surface area contributed by atoms with E-state index in [-0.39, 0.29) is 0 Å². The lowest BCUT2D eigenvalue weighted by Gasteiger charge is -2.30. The van der Waals surface area contributed by atoms with Crippen LogP contribution in [-0.4, -0.2) is 26.3 Å². The number of nitrogen functional groups attached to an aromatic ring is 1. The van der Waals surface area contributed by atoms with E-state index in [0.29, 0.717) is 0 Å². The second-order valence-corrected chi connectivity index (χ2v) is 4.17. The molecule has 0 unspecified atom stereocenters.